The number of aromatic hydroxyl groups is 1. The van der Waals surface area contributed by atoms with E-state index >= 15 is 0 Å². The van der Waals surface area contributed by atoms with Gasteiger partial charge < -0.3 is 26.8 Å². The van der Waals surface area contributed by atoms with Gasteiger partial charge in [-0.05, 0) is 48.1 Å². The van der Waals surface area contributed by atoms with Gasteiger partial charge in [-0.15, -0.1) is 0 Å². The van der Waals surface area contributed by atoms with Gasteiger partial charge >= 0.3 is 5.97 Å². The number of hydrogen-bond acceptors (Lipinski definition) is 4. The van der Waals surface area contributed by atoms with E-state index in [4.69, 9.17) is 4.74 Å². The smallest absolute Gasteiger partial charge is 0.340 e. The Morgan fingerprint density at radius 1 is 1.29 bits per heavy atom. The van der Waals surface area contributed by atoms with Crippen LogP contribution < -0.4 is 12.4 Å². The summed E-state index contributed by atoms with van der Waals surface area (Å²) in [7, 11) is 1.94. The van der Waals surface area contributed by atoms with Crippen LogP contribution >= 0.6 is 15.9 Å². The molecule has 0 unspecified atom stereocenters. The summed E-state index contributed by atoms with van der Waals surface area (Å²) < 4.78 is 7.86. The highest BCUT2D eigenvalue weighted by atomic mass is 79.9. The third-order valence-electron chi connectivity index (χ3n) is 4.14. The van der Waals surface area contributed by atoms with Crippen molar-refractivity contribution < 1.29 is 27.0 Å². The highest BCUT2D eigenvalue weighted by Gasteiger charge is 2.24. The van der Waals surface area contributed by atoms with E-state index in [1.165, 1.54) is 0 Å². The molecule has 0 aliphatic rings. The fourth-order valence-corrected chi connectivity index (χ4v) is 3.10. The molecule has 0 amide bonds. The molecular weight excluding hydrogens is 396 g/mol. The first-order valence-corrected chi connectivity index (χ1v) is 8.63. The van der Waals surface area contributed by atoms with E-state index in [-0.39, 0.29) is 24.1 Å². The zero-order chi connectivity index (χ0) is 17.1. The van der Waals surface area contributed by atoms with Crippen molar-refractivity contribution in [3.63, 3.8) is 0 Å². The summed E-state index contributed by atoms with van der Waals surface area (Å²) in [4.78, 5) is 14.7. The van der Waals surface area contributed by atoms with E-state index in [9.17, 15) is 9.90 Å². The largest absolute Gasteiger partial charge is 1.00 e. The summed E-state index contributed by atoms with van der Waals surface area (Å²) >= 11 is 3.34. The SMILES string of the molecule is CCOC(=O)c1c(CN(CC)CC)n(C)c2cc(Br)c(O)cc12.[Cl-]. The molecule has 1 heterocycles. The number of rotatable bonds is 6. The average Bonchev–Trinajstić information content (AvgIpc) is 2.78. The molecule has 0 fully saturated rings. The molecule has 7 heteroatoms. The van der Waals surface area contributed by atoms with E-state index < -0.39 is 0 Å². The van der Waals surface area contributed by atoms with Crippen LogP contribution in [0.15, 0.2) is 16.6 Å². The van der Waals surface area contributed by atoms with Gasteiger partial charge in [-0.1, -0.05) is 13.8 Å². The number of benzene rings is 1. The molecule has 0 aliphatic heterocycles. The number of carbonyl (C=O) groups excluding carboxylic acids is 1. The van der Waals surface area contributed by atoms with Crippen LogP contribution in [0.3, 0.4) is 0 Å². The Morgan fingerprint density at radius 2 is 1.92 bits per heavy atom. The summed E-state index contributed by atoms with van der Waals surface area (Å²) in [5.41, 5.74) is 2.33. The van der Waals surface area contributed by atoms with Crippen molar-refractivity contribution in [1.29, 1.82) is 0 Å². The second kappa shape index (κ2) is 8.74. The molecule has 0 spiro atoms. The van der Waals surface area contributed by atoms with Crippen molar-refractivity contribution in [2.75, 3.05) is 19.7 Å². The lowest BCUT2D eigenvalue weighted by Gasteiger charge is -2.19. The highest BCUT2D eigenvalue weighted by molar-refractivity contribution is 9.10. The van der Waals surface area contributed by atoms with Gasteiger partial charge in [-0.25, -0.2) is 4.79 Å². The predicted molar refractivity (Wildman–Crippen MR) is 94.9 cm³/mol. The van der Waals surface area contributed by atoms with Gasteiger partial charge in [0.25, 0.3) is 0 Å². The minimum atomic E-state index is -0.345. The first-order chi connectivity index (χ1) is 10.9. The molecule has 1 aromatic carbocycles. The monoisotopic (exact) mass is 417 g/mol. The quantitative estimate of drug-likeness (QED) is 0.701. The summed E-state index contributed by atoms with van der Waals surface area (Å²) in [5.74, 6) is -0.231. The maximum atomic E-state index is 12.5. The Morgan fingerprint density at radius 3 is 2.46 bits per heavy atom. The lowest BCUT2D eigenvalue weighted by molar-refractivity contribution is -0.0000242. The van der Waals surface area contributed by atoms with Gasteiger partial charge in [-0.3, -0.25) is 4.90 Å². The molecule has 1 N–H and O–H groups in total. The van der Waals surface area contributed by atoms with E-state index in [0.717, 1.165) is 24.3 Å². The molecule has 134 valence electrons. The number of ether oxygens (including phenoxy) is 1. The number of esters is 1. The van der Waals surface area contributed by atoms with Crippen molar-refractivity contribution in [1.82, 2.24) is 9.47 Å². The van der Waals surface area contributed by atoms with Gasteiger partial charge in [0.15, 0.2) is 0 Å². The Labute approximate surface area is 157 Å². The number of phenolic OH excluding ortho intramolecular Hbond substituents is 1. The molecule has 0 radical (unpaired) electrons. The van der Waals surface area contributed by atoms with Crippen molar-refractivity contribution in [2.24, 2.45) is 7.05 Å². The molecular formula is C17H23BrClN2O3-. The van der Waals surface area contributed by atoms with E-state index in [1.54, 1.807) is 13.0 Å². The van der Waals surface area contributed by atoms with Crippen molar-refractivity contribution in [3.05, 3.63) is 27.9 Å². The van der Waals surface area contributed by atoms with Crippen LogP contribution in [-0.4, -0.2) is 40.2 Å². The Kier molecular flexibility index (Phi) is 7.57. The number of halogens is 2. The average molecular weight is 419 g/mol. The second-order valence-electron chi connectivity index (χ2n) is 5.38. The molecule has 5 nitrogen and oxygen atoms in total. The second-order valence-corrected chi connectivity index (χ2v) is 6.24. The van der Waals surface area contributed by atoms with E-state index in [0.29, 0.717) is 28.6 Å². The van der Waals surface area contributed by atoms with Crippen molar-refractivity contribution in [2.45, 2.75) is 27.3 Å². The predicted octanol–water partition coefficient (Wildman–Crippen LogP) is 0.669. The number of fused-ring (bicyclic) bond motifs is 1. The number of hydrogen-bond donors (Lipinski definition) is 1. The number of nitrogens with zero attached hydrogens (tertiary/aromatic N) is 2. The topological polar surface area (TPSA) is 54.7 Å². The molecule has 0 saturated carbocycles. The fourth-order valence-electron chi connectivity index (χ4n) is 2.77. The van der Waals surface area contributed by atoms with Crippen LogP contribution in [0, 0.1) is 0 Å². The summed E-state index contributed by atoms with van der Waals surface area (Å²) in [6.45, 7) is 8.76. The normalized spacial score (nSPS) is 10.9. The molecule has 1 aromatic heterocycles. The van der Waals surface area contributed by atoms with Crippen LogP contribution in [-0.2, 0) is 18.3 Å². The van der Waals surface area contributed by atoms with Crippen LogP contribution in [0.5, 0.6) is 5.75 Å². The lowest BCUT2D eigenvalue weighted by Crippen LogP contribution is -3.00. The maximum Gasteiger partial charge on any atom is 0.340 e. The third-order valence-corrected chi connectivity index (χ3v) is 4.77. The van der Waals surface area contributed by atoms with Crippen LogP contribution in [0.1, 0.15) is 36.8 Å². The van der Waals surface area contributed by atoms with Crippen LogP contribution in [0.2, 0.25) is 0 Å². The number of aryl methyl sites for hydroxylation is 1. The molecule has 0 aliphatic carbocycles. The maximum absolute atomic E-state index is 12.5. The Hall–Kier alpha value is -1.24. The van der Waals surface area contributed by atoms with Crippen LogP contribution in [0.4, 0.5) is 0 Å². The van der Waals surface area contributed by atoms with Crippen molar-refractivity contribution in [3.8, 4) is 5.75 Å². The fraction of sp³-hybridized carbons (Fsp3) is 0.471. The van der Waals surface area contributed by atoms with Crippen molar-refractivity contribution >= 4 is 32.8 Å². The van der Waals surface area contributed by atoms with E-state index in [2.05, 4.69) is 34.7 Å². The summed E-state index contributed by atoms with van der Waals surface area (Å²) in [6, 6.07) is 3.45. The number of aromatic nitrogens is 1. The minimum absolute atomic E-state index is 0. The Bertz CT molecular complexity index is 726. The van der Waals surface area contributed by atoms with Gasteiger partial charge in [0.1, 0.15) is 5.75 Å². The molecule has 24 heavy (non-hydrogen) atoms. The summed E-state index contributed by atoms with van der Waals surface area (Å²) in [6.07, 6.45) is 0. The summed E-state index contributed by atoms with van der Waals surface area (Å²) in [5, 5.41) is 10.7. The van der Waals surface area contributed by atoms with Gasteiger partial charge in [0.2, 0.25) is 0 Å². The first kappa shape index (κ1) is 20.8. The number of phenols is 1. The molecule has 0 saturated heterocycles. The number of carbonyl (C=O) groups is 1. The molecule has 0 bridgehead atoms. The first-order valence-electron chi connectivity index (χ1n) is 7.83. The van der Waals surface area contributed by atoms with Gasteiger partial charge in [-0.2, -0.15) is 0 Å². The highest BCUT2D eigenvalue weighted by Crippen LogP contribution is 2.34. The molecule has 0 atom stereocenters. The van der Waals surface area contributed by atoms with Crippen LogP contribution in [0.25, 0.3) is 10.9 Å². The van der Waals surface area contributed by atoms with Gasteiger partial charge in [0, 0.05) is 24.7 Å². The molecule has 2 rings (SSSR count). The third kappa shape index (κ3) is 3.87. The standard InChI is InChI=1S/C17H23BrN2O3.ClH/c1-5-20(6-2)10-14-16(17(22)23-7-3)11-8-15(21)12(18)9-13(11)19(14)4;/h8-9,21H,5-7,10H2,1-4H3;1H/p-1. The Balaban J connectivity index is 0.00000288. The zero-order valence-corrected chi connectivity index (χ0v) is 16.7. The molecule has 2 aromatic rings. The zero-order valence-electron chi connectivity index (χ0n) is 14.4. The van der Waals surface area contributed by atoms with E-state index in [1.807, 2.05) is 17.7 Å². The lowest BCUT2D eigenvalue weighted by atomic mass is 10.1. The minimum Gasteiger partial charge on any atom is -1.00 e. The van der Waals surface area contributed by atoms with Gasteiger partial charge in [0.05, 0.1) is 22.2 Å².